The molecular weight excluding hydrogens is 314 g/mol. The van der Waals surface area contributed by atoms with Gasteiger partial charge in [0.2, 0.25) is 0 Å². The Morgan fingerprint density at radius 2 is 1.80 bits per heavy atom. The second-order valence-corrected chi connectivity index (χ2v) is 7.13. The van der Waals surface area contributed by atoms with Crippen LogP contribution in [0.4, 0.5) is 0 Å². The van der Waals surface area contributed by atoms with Crippen molar-refractivity contribution in [2.75, 3.05) is 6.61 Å². The summed E-state index contributed by atoms with van der Waals surface area (Å²) in [6, 6.07) is 0. The van der Waals surface area contributed by atoms with Gasteiger partial charge in [0.25, 0.3) is 0 Å². The minimum Gasteiger partial charge on any atom is -0.494 e. The number of nitrogens with zero attached hydrogens (tertiary/aromatic N) is 1. The van der Waals surface area contributed by atoms with E-state index in [1.54, 1.807) is 0 Å². The number of allylic oxidation sites excluding steroid dienone is 6. The van der Waals surface area contributed by atoms with E-state index in [1.807, 2.05) is 0 Å². The summed E-state index contributed by atoms with van der Waals surface area (Å²) < 4.78 is 1.40. The second kappa shape index (κ2) is 8.95. The first-order chi connectivity index (χ1) is 11.9. The first-order valence-electron chi connectivity index (χ1n) is 9.14. The highest BCUT2D eigenvalue weighted by atomic mass is 16.3. The molecular formula is C21H31NO3. The number of hydrogen-bond donors (Lipinski definition) is 3. The first-order valence-corrected chi connectivity index (χ1v) is 9.14. The largest absolute Gasteiger partial charge is 0.494 e. The lowest BCUT2D eigenvalue weighted by Crippen LogP contribution is -2.01. The zero-order chi connectivity index (χ0) is 18.4. The quantitative estimate of drug-likeness (QED) is 0.612. The van der Waals surface area contributed by atoms with Gasteiger partial charge < -0.3 is 15.3 Å². The fourth-order valence-electron chi connectivity index (χ4n) is 3.34. The topological polar surface area (TPSA) is 65.6 Å². The number of rotatable bonds is 8. The van der Waals surface area contributed by atoms with Crippen LogP contribution >= 0.6 is 0 Å². The Hall–Kier alpha value is -1.94. The van der Waals surface area contributed by atoms with E-state index in [0.29, 0.717) is 12.8 Å². The molecule has 1 aliphatic rings. The predicted molar refractivity (Wildman–Crippen MR) is 102 cm³/mol. The van der Waals surface area contributed by atoms with E-state index in [1.165, 1.54) is 21.3 Å². The average Bonchev–Trinajstić information content (AvgIpc) is 2.80. The lowest BCUT2D eigenvalue weighted by atomic mass is 9.91. The Balaban J connectivity index is 1.91. The standard InChI is InChI=1S/C21H31NO3/c1-15(2)6-4-7-16(3)8-5-9-17-10-11-18-19(14-17)21(25)22(12-13-23)20(18)24/h6,8,10,23-25H,4-5,7,9,11-14H2,1-3H3. The van der Waals surface area contributed by atoms with Gasteiger partial charge in [0.15, 0.2) is 11.8 Å². The third-order valence-corrected chi connectivity index (χ3v) is 4.79. The lowest BCUT2D eigenvalue weighted by molar-refractivity contribution is 0.256. The fraction of sp³-hybridized carbons (Fsp3) is 0.524. The summed E-state index contributed by atoms with van der Waals surface area (Å²) >= 11 is 0. The Morgan fingerprint density at radius 1 is 1.08 bits per heavy atom. The van der Waals surface area contributed by atoms with Crippen molar-refractivity contribution in [3.05, 3.63) is 46.1 Å². The van der Waals surface area contributed by atoms with E-state index in [9.17, 15) is 10.2 Å². The van der Waals surface area contributed by atoms with Gasteiger partial charge in [-0.3, -0.25) is 4.57 Å². The number of aliphatic hydroxyl groups excluding tert-OH is 1. The van der Waals surface area contributed by atoms with E-state index in [-0.39, 0.29) is 24.9 Å². The third kappa shape index (κ3) is 5.02. The molecule has 0 saturated heterocycles. The van der Waals surface area contributed by atoms with Gasteiger partial charge in [-0.05, 0) is 59.3 Å². The van der Waals surface area contributed by atoms with E-state index in [0.717, 1.165) is 36.8 Å². The molecule has 0 saturated carbocycles. The molecule has 1 aliphatic carbocycles. The summed E-state index contributed by atoms with van der Waals surface area (Å²) in [5, 5.41) is 29.6. The molecule has 0 amide bonds. The van der Waals surface area contributed by atoms with Crippen molar-refractivity contribution >= 4 is 0 Å². The zero-order valence-corrected chi connectivity index (χ0v) is 15.7. The van der Waals surface area contributed by atoms with E-state index in [4.69, 9.17) is 5.11 Å². The van der Waals surface area contributed by atoms with Crippen molar-refractivity contribution in [3.8, 4) is 11.8 Å². The van der Waals surface area contributed by atoms with Crippen molar-refractivity contribution < 1.29 is 15.3 Å². The van der Waals surface area contributed by atoms with Gasteiger partial charge in [-0.25, -0.2) is 0 Å². The smallest absolute Gasteiger partial charge is 0.197 e. The molecule has 0 aliphatic heterocycles. The summed E-state index contributed by atoms with van der Waals surface area (Å²) in [6.45, 7) is 6.55. The van der Waals surface area contributed by atoms with Crippen molar-refractivity contribution in [1.82, 2.24) is 4.57 Å². The SMILES string of the molecule is CC(C)=CCCC(C)=CCCC1=CCc2c(c(O)n(CCO)c2O)C1. The minimum atomic E-state index is -0.105. The van der Waals surface area contributed by atoms with Crippen LogP contribution in [0.3, 0.4) is 0 Å². The highest BCUT2D eigenvalue weighted by Gasteiger charge is 2.24. The van der Waals surface area contributed by atoms with Crippen LogP contribution in [0.2, 0.25) is 0 Å². The van der Waals surface area contributed by atoms with Crippen LogP contribution < -0.4 is 0 Å². The molecule has 1 aromatic rings. The minimum absolute atomic E-state index is 0.0897. The summed E-state index contributed by atoms with van der Waals surface area (Å²) in [5.41, 5.74) is 5.70. The molecule has 4 nitrogen and oxygen atoms in total. The molecule has 0 fully saturated rings. The normalized spacial score (nSPS) is 14.2. The first kappa shape index (κ1) is 19.4. The van der Waals surface area contributed by atoms with Crippen LogP contribution in [-0.2, 0) is 19.4 Å². The van der Waals surface area contributed by atoms with E-state index in [2.05, 4.69) is 39.0 Å². The Morgan fingerprint density at radius 3 is 2.48 bits per heavy atom. The van der Waals surface area contributed by atoms with E-state index < -0.39 is 0 Å². The fourth-order valence-corrected chi connectivity index (χ4v) is 3.34. The molecule has 2 rings (SSSR count). The van der Waals surface area contributed by atoms with Gasteiger partial charge in [-0.15, -0.1) is 0 Å². The van der Waals surface area contributed by atoms with Crippen LogP contribution in [0, 0.1) is 0 Å². The Bertz CT molecular complexity index is 688. The van der Waals surface area contributed by atoms with Crippen molar-refractivity contribution in [2.45, 2.75) is 65.8 Å². The number of aromatic nitrogens is 1. The molecule has 1 aromatic heterocycles. The Labute approximate surface area is 150 Å². The molecule has 25 heavy (non-hydrogen) atoms. The molecule has 0 aromatic carbocycles. The van der Waals surface area contributed by atoms with Gasteiger partial charge in [-0.2, -0.15) is 0 Å². The van der Waals surface area contributed by atoms with Crippen LogP contribution in [-0.4, -0.2) is 26.5 Å². The highest BCUT2D eigenvalue weighted by molar-refractivity contribution is 5.50. The summed E-state index contributed by atoms with van der Waals surface area (Å²) in [5.74, 6) is 0.187. The van der Waals surface area contributed by atoms with Crippen LogP contribution in [0.5, 0.6) is 11.8 Å². The highest BCUT2D eigenvalue weighted by Crippen LogP contribution is 2.39. The third-order valence-electron chi connectivity index (χ3n) is 4.79. The van der Waals surface area contributed by atoms with Crippen molar-refractivity contribution in [2.24, 2.45) is 0 Å². The molecule has 0 spiro atoms. The number of aromatic hydroxyl groups is 2. The molecule has 0 unspecified atom stereocenters. The van der Waals surface area contributed by atoms with Gasteiger partial charge in [0.1, 0.15) is 0 Å². The number of hydrogen-bond acceptors (Lipinski definition) is 3. The molecule has 0 radical (unpaired) electrons. The monoisotopic (exact) mass is 345 g/mol. The maximum atomic E-state index is 10.3. The second-order valence-electron chi connectivity index (χ2n) is 7.13. The summed E-state index contributed by atoms with van der Waals surface area (Å²) in [4.78, 5) is 0. The molecule has 1 heterocycles. The lowest BCUT2D eigenvalue weighted by Gasteiger charge is -2.13. The molecule has 4 heteroatoms. The Kier molecular flexibility index (Phi) is 6.94. The zero-order valence-electron chi connectivity index (χ0n) is 15.7. The van der Waals surface area contributed by atoms with Gasteiger partial charge in [0, 0.05) is 11.1 Å². The van der Waals surface area contributed by atoms with Crippen LogP contribution in [0.25, 0.3) is 0 Å². The van der Waals surface area contributed by atoms with Gasteiger partial charge in [0.05, 0.1) is 13.2 Å². The summed E-state index contributed by atoms with van der Waals surface area (Å²) in [7, 11) is 0. The molecule has 0 bridgehead atoms. The average molecular weight is 345 g/mol. The molecule has 3 N–H and O–H groups in total. The maximum Gasteiger partial charge on any atom is 0.197 e. The molecule has 0 atom stereocenters. The summed E-state index contributed by atoms with van der Waals surface area (Å²) in [6.07, 6.45) is 12.3. The number of fused-ring (bicyclic) bond motifs is 1. The van der Waals surface area contributed by atoms with E-state index >= 15 is 0 Å². The predicted octanol–water partition coefficient (Wildman–Crippen LogP) is 4.39. The van der Waals surface area contributed by atoms with Crippen LogP contribution in [0.1, 0.15) is 57.6 Å². The van der Waals surface area contributed by atoms with Crippen molar-refractivity contribution in [1.29, 1.82) is 0 Å². The van der Waals surface area contributed by atoms with Crippen molar-refractivity contribution in [3.63, 3.8) is 0 Å². The molecule has 138 valence electrons. The maximum absolute atomic E-state index is 10.3. The van der Waals surface area contributed by atoms with Gasteiger partial charge in [-0.1, -0.05) is 34.9 Å². The van der Waals surface area contributed by atoms with Crippen LogP contribution in [0.15, 0.2) is 34.9 Å². The van der Waals surface area contributed by atoms with Gasteiger partial charge >= 0.3 is 0 Å². The number of aliphatic hydroxyl groups is 1.